The maximum Gasteiger partial charge on any atom is 0.240 e. The van der Waals surface area contributed by atoms with Crippen LogP contribution in [0.15, 0.2) is 23.1 Å². The highest BCUT2D eigenvalue weighted by Crippen LogP contribution is 2.15. The normalized spacial score (nSPS) is 11.8. The Balaban J connectivity index is 2.01. The van der Waals surface area contributed by atoms with E-state index >= 15 is 0 Å². The Bertz CT molecular complexity index is 611. The maximum absolute atomic E-state index is 13.2. The third-order valence-corrected chi connectivity index (χ3v) is 4.53. The van der Waals surface area contributed by atoms with Gasteiger partial charge in [0.15, 0.2) is 0 Å². The van der Waals surface area contributed by atoms with Crippen molar-refractivity contribution in [2.75, 3.05) is 71.7 Å². The number of aliphatic hydroxyl groups excluding tert-OH is 1. The topological polar surface area (TPSA) is 129 Å². The highest BCUT2D eigenvalue weighted by atomic mass is 32.2. The SMILES string of the molecule is Nc1cc(F)cc(S(=O)(=O)NCCOCCOCCOCCOCCO)c1. The zero-order valence-electron chi connectivity index (χ0n) is 15.1. The number of anilines is 1. The second-order valence-corrected chi connectivity index (χ2v) is 7.06. The fraction of sp³-hybridized carbons (Fsp3) is 0.625. The van der Waals surface area contributed by atoms with E-state index < -0.39 is 15.8 Å². The molecule has 1 aromatic carbocycles. The van der Waals surface area contributed by atoms with Crippen LogP contribution in [0.2, 0.25) is 0 Å². The van der Waals surface area contributed by atoms with Crippen molar-refractivity contribution in [3.05, 3.63) is 24.0 Å². The van der Waals surface area contributed by atoms with Crippen molar-refractivity contribution < 1.29 is 36.9 Å². The molecule has 0 atom stereocenters. The van der Waals surface area contributed by atoms with E-state index in [2.05, 4.69) is 4.72 Å². The minimum atomic E-state index is -3.84. The first kappa shape index (κ1) is 23.7. The fourth-order valence-corrected chi connectivity index (χ4v) is 2.98. The van der Waals surface area contributed by atoms with Crippen molar-refractivity contribution in [1.29, 1.82) is 0 Å². The lowest BCUT2D eigenvalue weighted by Crippen LogP contribution is -2.28. The average molecular weight is 410 g/mol. The second kappa shape index (κ2) is 13.8. The molecule has 0 saturated carbocycles. The number of halogens is 1. The van der Waals surface area contributed by atoms with E-state index in [4.69, 9.17) is 29.8 Å². The van der Waals surface area contributed by atoms with Crippen LogP contribution in [0, 0.1) is 5.82 Å². The molecule has 27 heavy (non-hydrogen) atoms. The van der Waals surface area contributed by atoms with Gasteiger partial charge in [0.2, 0.25) is 10.0 Å². The fourth-order valence-electron chi connectivity index (χ4n) is 1.90. The van der Waals surface area contributed by atoms with E-state index in [1.807, 2.05) is 0 Å². The third-order valence-electron chi connectivity index (χ3n) is 3.09. The zero-order valence-corrected chi connectivity index (χ0v) is 15.9. The van der Waals surface area contributed by atoms with E-state index in [-0.39, 0.29) is 30.3 Å². The van der Waals surface area contributed by atoms with Gasteiger partial charge in [-0.05, 0) is 18.2 Å². The van der Waals surface area contributed by atoms with Gasteiger partial charge in [0.1, 0.15) is 5.82 Å². The Morgan fingerprint density at radius 1 is 0.889 bits per heavy atom. The lowest BCUT2D eigenvalue weighted by Gasteiger charge is -2.09. The smallest absolute Gasteiger partial charge is 0.240 e. The lowest BCUT2D eigenvalue weighted by molar-refractivity contribution is -0.00496. The highest BCUT2D eigenvalue weighted by Gasteiger charge is 2.15. The monoisotopic (exact) mass is 410 g/mol. The van der Waals surface area contributed by atoms with Gasteiger partial charge in [-0.15, -0.1) is 0 Å². The van der Waals surface area contributed by atoms with Gasteiger partial charge in [-0.25, -0.2) is 17.5 Å². The van der Waals surface area contributed by atoms with Crippen LogP contribution in [0.25, 0.3) is 0 Å². The van der Waals surface area contributed by atoms with Crippen LogP contribution in [0.5, 0.6) is 0 Å². The second-order valence-electron chi connectivity index (χ2n) is 5.29. The lowest BCUT2D eigenvalue weighted by atomic mass is 10.3. The number of nitrogens with one attached hydrogen (secondary N) is 1. The molecule has 1 rings (SSSR count). The van der Waals surface area contributed by atoms with Gasteiger partial charge in [0.25, 0.3) is 0 Å². The van der Waals surface area contributed by atoms with Crippen molar-refractivity contribution in [3.63, 3.8) is 0 Å². The van der Waals surface area contributed by atoms with E-state index in [1.54, 1.807) is 0 Å². The molecule has 0 aliphatic carbocycles. The van der Waals surface area contributed by atoms with E-state index in [0.29, 0.717) is 46.2 Å². The molecule has 0 unspecified atom stereocenters. The van der Waals surface area contributed by atoms with Gasteiger partial charge in [-0.1, -0.05) is 0 Å². The van der Waals surface area contributed by atoms with E-state index in [9.17, 15) is 12.8 Å². The summed E-state index contributed by atoms with van der Waals surface area (Å²) in [5.41, 5.74) is 5.47. The largest absolute Gasteiger partial charge is 0.399 e. The predicted molar refractivity (Wildman–Crippen MR) is 96.4 cm³/mol. The van der Waals surface area contributed by atoms with Crippen LogP contribution < -0.4 is 10.5 Å². The van der Waals surface area contributed by atoms with Gasteiger partial charge in [-0.3, -0.25) is 0 Å². The number of hydrogen-bond donors (Lipinski definition) is 3. The van der Waals surface area contributed by atoms with Crippen molar-refractivity contribution in [2.24, 2.45) is 0 Å². The number of benzene rings is 1. The van der Waals surface area contributed by atoms with Gasteiger partial charge >= 0.3 is 0 Å². The summed E-state index contributed by atoms with van der Waals surface area (Å²) in [4.78, 5) is -0.231. The van der Waals surface area contributed by atoms with Gasteiger partial charge in [0.05, 0.1) is 64.4 Å². The Morgan fingerprint density at radius 3 is 1.93 bits per heavy atom. The summed E-state index contributed by atoms with van der Waals surface area (Å²) in [6.07, 6.45) is 0. The first-order valence-electron chi connectivity index (χ1n) is 8.43. The van der Waals surface area contributed by atoms with Crippen LogP contribution in [0.4, 0.5) is 10.1 Å². The van der Waals surface area contributed by atoms with Crippen LogP contribution >= 0.6 is 0 Å². The van der Waals surface area contributed by atoms with Gasteiger partial charge in [0, 0.05) is 12.2 Å². The molecule has 0 spiro atoms. The molecule has 0 aliphatic rings. The van der Waals surface area contributed by atoms with Crippen molar-refractivity contribution in [1.82, 2.24) is 4.72 Å². The third kappa shape index (κ3) is 11.2. The molecule has 0 fully saturated rings. The van der Waals surface area contributed by atoms with Crippen molar-refractivity contribution in [2.45, 2.75) is 4.90 Å². The van der Waals surface area contributed by atoms with Crippen LogP contribution in [0.1, 0.15) is 0 Å². The molecule has 0 aliphatic heterocycles. The molecule has 0 heterocycles. The summed E-state index contributed by atoms with van der Waals surface area (Å²) in [7, 11) is -3.84. The molecule has 0 aromatic heterocycles. The number of hydrogen-bond acceptors (Lipinski definition) is 8. The molecule has 9 nitrogen and oxygen atoms in total. The van der Waals surface area contributed by atoms with E-state index in [0.717, 1.165) is 12.1 Å². The predicted octanol–water partition coefficient (Wildman–Crippen LogP) is -0.255. The number of nitrogens with two attached hydrogens (primary N) is 1. The Labute approximate surface area is 158 Å². The summed E-state index contributed by atoms with van der Waals surface area (Å²) in [6, 6.07) is 3.12. The minimum Gasteiger partial charge on any atom is -0.399 e. The zero-order chi connectivity index (χ0) is 20.0. The van der Waals surface area contributed by atoms with Crippen LogP contribution in [-0.2, 0) is 29.0 Å². The van der Waals surface area contributed by atoms with Gasteiger partial charge in [-0.2, -0.15) is 0 Å². The summed E-state index contributed by atoms with van der Waals surface area (Å²) in [5.74, 6) is -0.717. The first-order chi connectivity index (χ1) is 13.0. The van der Waals surface area contributed by atoms with E-state index in [1.165, 1.54) is 6.07 Å². The summed E-state index contributed by atoms with van der Waals surface area (Å²) in [6.45, 7) is 2.77. The molecule has 0 amide bonds. The molecular weight excluding hydrogens is 383 g/mol. The Morgan fingerprint density at radius 2 is 1.41 bits per heavy atom. The Kier molecular flexibility index (Phi) is 12.1. The summed E-state index contributed by atoms with van der Waals surface area (Å²) in [5, 5.41) is 8.51. The van der Waals surface area contributed by atoms with Crippen molar-refractivity contribution in [3.8, 4) is 0 Å². The quantitative estimate of drug-likeness (QED) is 0.251. The number of aliphatic hydroxyl groups is 1. The number of rotatable bonds is 16. The minimum absolute atomic E-state index is 0.00992. The van der Waals surface area contributed by atoms with Crippen molar-refractivity contribution >= 4 is 15.7 Å². The molecule has 1 aromatic rings. The first-order valence-corrected chi connectivity index (χ1v) is 9.91. The molecule has 0 bridgehead atoms. The number of nitrogen functional groups attached to an aromatic ring is 1. The highest BCUT2D eigenvalue weighted by molar-refractivity contribution is 7.89. The number of sulfonamides is 1. The standard InChI is InChI=1S/C16H27FN2O7S/c17-14-11-15(18)13-16(12-14)27(21,22)19-1-3-23-5-7-25-9-10-26-8-6-24-4-2-20/h11-13,19-20H,1-10,18H2. The van der Waals surface area contributed by atoms with Crippen LogP contribution in [-0.4, -0.2) is 79.5 Å². The molecule has 11 heteroatoms. The Hall–Kier alpha value is -1.34. The summed E-state index contributed by atoms with van der Waals surface area (Å²) >= 11 is 0. The van der Waals surface area contributed by atoms with Gasteiger partial charge < -0.3 is 29.8 Å². The molecule has 156 valence electrons. The maximum atomic E-state index is 13.2. The number of ether oxygens (including phenoxy) is 4. The summed E-state index contributed by atoms with van der Waals surface area (Å²) < 4.78 is 60.3. The molecule has 0 saturated heterocycles. The molecular formula is C16H27FN2O7S. The average Bonchev–Trinajstić information content (AvgIpc) is 2.61. The molecule has 0 radical (unpaired) electrons. The van der Waals surface area contributed by atoms with Crippen LogP contribution in [0.3, 0.4) is 0 Å². The molecule has 4 N–H and O–H groups in total.